The molecule has 3 rings (SSSR count). The number of aryl methyl sites for hydroxylation is 1. The van der Waals surface area contributed by atoms with Crippen LogP contribution in [0.25, 0.3) is 11.3 Å². The number of aromatic nitrogens is 1. The van der Waals surface area contributed by atoms with Crippen molar-refractivity contribution < 1.29 is 0 Å². The van der Waals surface area contributed by atoms with Gasteiger partial charge in [0.1, 0.15) is 0 Å². The third kappa shape index (κ3) is 3.64. The van der Waals surface area contributed by atoms with Crippen LogP contribution in [-0.4, -0.2) is 4.57 Å². The maximum Gasteiger partial charge on any atom is 0.190 e. The molecule has 1 aromatic heterocycles. The first-order chi connectivity index (χ1) is 11.6. The standard InChI is InChI=1S/C19H16Cl2N2S/c1-3-10-23-18(14-6-4-13(2)5-7-14)12-24-19(23)22-17-11-15(20)8-9-16(17)21/h3-9,11-12H,1,10H2,2H3. The van der Waals surface area contributed by atoms with Crippen LogP contribution in [-0.2, 0) is 6.54 Å². The van der Waals surface area contributed by atoms with Crippen molar-refractivity contribution in [2.75, 3.05) is 0 Å². The summed E-state index contributed by atoms with van der Waals surface area (Å²) in [7, 11) is 0. The lowest BCUT2D eigenvalue weighted by atomic mass is 10.1. The highest BCUT2D eigenvalue weighted by atomic mass is 35.5. The molecule has 0 fully saturated rings. The van der Waals surface area contributed by atoms with Gasteiger partial charge in [0.2, 0.25) is 0 Å². The minimum absolute atomic E-state index is 0.579. The SMILES string of the molecule is C=CCn1c(-c2ccc(C)cc2)csc1=Nc1cc(Cl)ccc1Cl. The van der Waals surface area contributed by atoms with Gasteiger partial charge in [-0.3, -0.25) is 0 Å². The van der Waals surface area contributed by atoms with Crippen LogP contribution in [0.1, 0.15) is 5.56 Å². The molecule has 0 unspecified atom stereocenters. The van der Waals surface area contributed by atoms with Gasteiger partial charge in [-0.2, -0.15) is 0 Å². The molecule has 0 N–H and O–H groups in total. The molecule has 1 heterocycles. The highest BCUT2D eigenvalue weighted by molar-refractivity contribution is 7.07. The van der Waals surface area contributed by atoms with Crippen molar-refractivity contribution in [1.29, 1.82) is 0 Å². The van der Waals surface area contributed by atoms with Gasteiger partial charge in [0.15, 0.2) is 4.80 Å². The Kier molecular flexibility index (Phi) is 5.24. The minimum Gasteiger partial charge on any atom is -0.313 e. The smallest absolute Gasteiger partial charge is 0.190 e. The van der Waals surface area contributed by atoms with Gasteiger partial charge >= 0.3 is 0 Å². The summed E-state index contributed by atoms with van der Waals surface area (Å²) in [6.45, 7) is 6.61. The van der Waals surface area contributed by atoms with E-state index in [2.05, 4.69) is 47.7 Å². The van der Waals surface area contributed by atoms with Crippen LogP contribution in [0.5, 0.6) is 0 Å². The molecule has 0 saturated carbocycles. The minimum atomic E-state index is 0.579. The number of hydrogen-bond acceptors (Lipinski definition) is 2. The molecular formula is C19H16Cl2N2S. The van der Waals surface area contributed by atoms with E-state index in [0.29, 0.717) is 22.3 Å². The zero-order valence-corrected chi connectivity index (χ0v) is 15.5. The molecule has 0 radical (unpaired) electrons. The second kappa shape index (κ2) is 7.39. The fourth-order valence-electron chi connectivity index (χ4n) is 2.35. The average Bonchev–Trinajstić information content (AvgIpc) is 2.95. The van der Waals surface area contributed by atoms with E-state index in [4.69, 9.17) is 28.2 Å². The second-order valence-corrected chi connectivity index (χ2v) is 7.06. The van der Waals surface area contributed by atoms with Gasteiger partial charge in [-0.1, -0.05) is 59.1 Å². The molecule has 0 atom stereocenters. The van der Waals surface area contributed by atoms with E-state index in [9.17, 15) is 0 Å². The Morgan fingerprint density at radius 3 is 2.62 bits per heavy atom. The maximum absolute atomic E-state index is 6.24. The lowest BCUT2D eigenvalue weighted by molar-refractivity contribution is 0.800. The predicted octanol–water partition coefficient (Wildman–Crippen LogP) is 6.25. The van der Waals surface area contributed by atoms with Crippen molar-refractivity contribution in [2.45, 2.75) is 13.5 Å². The number of hydrogen-bond donors (Lipinski definition) is 0. The van der Waals surface area contributed by atoms with Crippen molar-refractivity contribution >= 4 is 40.2 Å². The van der Waals surface area contributed by atoms with Crippen LogP contribution in [0.4, 0.5) is 5.69 Å². The monoisotopic (exact) mass is 374 g/mol. The molecule has 2 aromatic carbocycles. The van der Waals surface area contributed by atoms with Gasteiger partial charge in [0.05, 0.1) is 16.4 Å². The van der Waals surface area contributed by atoms with Gasteiger partial charge < -0.3 is 4.57 Å². The lowest BCUT2D eigenvalue weighted by Crippen LogP contribution is -2.14. The van der Waals surface area contributed by atoms with Crippen LogP contribution in [0.3, 0.4) is 0 Å². The molecule has 0 spiro atoms. The van der Waals surface area contributed by atoms with E-state index in [-0.39, 0.29) is 0 Å². The fourth-order valence-corrected chi connectivity index (χ4v) is 3.61. The molecule has 5 heteroatoms. The van der Waals surface area contributed by atoms with Crippen molar-refractivity contribution in [3.63, 3.8) is 0 Å². The van der Waals surface area contributed by atoms with Crippen LogP contribution in [0, 0.1) is 6.92 Å². The summed E-state index contributed by atoms with van der Waals surface area (Å²) in [6, 6.07) is 13.7. The maximum atomic E-state index is 6.24. The Bertz CT molecular complexity index is 937. The molecule has 0 bridgehead atoms. The number of benzene rings is 2. The Morgan fingerprint density at radius 1 is 1.17 bits per heavy atom. The normalized spacial score (nSPS) is 11.7. The number of rotatable bonds is 4. The summed E-state index contributed by atoms with van der Waals surface area (Å²) in [5.41, 5.74) is 4.16. The summed E-state index contributed by atoms with van der Waals surface area (Å²) in [4.78, 5) is 5.56. The second-order valence-electron chi connectivity index (χ2n) is 5.38. The highest BCUT2D eigenvalue weighted by Crippen LogP contribution is 2.28. The van der Waals surface area contributed by atoms with Crippen LogP contribution in [0.15, 0.2) is 65.5 Å². The van der Waals surface area contributed by atoms with E-state index < -0.39 is 0 Å². The summed E-state index contributed by atoms with van der Waals surface area (Å²) in [5, 5.41) is 3.30. The first-order valence-corrected chi connectivity index (χ1v) is 9.08. The van der Waals surface area contributed by atoms with Gasteiger partial charge in [-0.05, 0) is 30.7 Å². The van der Waals surface area contributed by atoms with Crippen molar-refractivity contribution in [2.24, 2.45) is 4.99 Å². The lowest BCUT2D eigenvalue weighted by Gasteiger charge is -2.07. The summed E-state index contributed by atoms with van der Waals surface area (Å²) < 4.78 is 2.12. The topological polar surface area (TPSA) is 17.3 Å². The molecule has 2 nitrogen and oxygen atoms in total. The Hall–Kier alpha value is -1.81. The third-order valence-corrected chi connectivity index (χ3v) is 5.00. The van der Waals surface area contributed by atoms with Crippen LogP contribution in [0.2, 0.25) is 10.0 Å². The van der Waals surface area contributed by atoms with E-state index in [1.54, 1.807) is 29.5 Å². The first kappa shape index (κ1) is 17.0. The number of nitrogens with zero attached hydrogens (tertiary/aromatic N) is 2. The molecule has 3 aromatic rings. The largest absolute Gasteiger partial charge is 0.313 e. The van der Waals surface area contributed by atoms with Gasteiger partial charge in [-0.25, -0.2) is 4.99 Å². The van der Waals surface area contributed by atoms with E-state index in [1.807, 2.05) is 6.08 Å². The van der Waals surface area contributed by atoms with Crippen molar-refractivity contribution in [3.8, 4) is 11.3 Å². The van der Waals surface area contributed by atoms with Crippen LogP contribution >= 0.6 is 34.5 Å². The molecule has 0 saturated heterocycles. The molecule has 0 aliphatic carbocycles. The Labute approximate surface area is 155 Å². The fraction of sp³-hybridized carbons (Fsp3) is 0.105. The third-order valence-electron chi connectivity index (χ3n) is 3.58. The van der Waals surface area contributed by atoms with Gasteiger partial charge in [-0.15, -0.1) is 17.9 Å². The first-order valence-electron chi connectivity index (χ1n) is 7.44. The molecular weight excluding hydrogens is 359 g/mol. The zero-order chi connectivity index (χ0) is 17.1. The van der Waals surface area contributed by atoms with E-state index in [0.717, 1.165) is 16.1 Å². The van der Waals surface area contributed by atoms with E-state index >= 15 is 0 Å². The number of allylic oxidation sites excluding steroid dienone is 1. The Balaban J connectivity index is 2.15. The molecule has 24 heavy (non-hydrogen) atoms. The average molecular weight is 375 g/mol. The molecule has 0 aliphatic heterocycles. The molecule has 122 valence electrons. The zero-order valence-electron chi connectivity index (χ0n) is 13.2. The predicted molar refractivity (Wildman–Crippen MR) is 104 cm³/mol. The summed E-state index contributed by atoms with van der Waals surface area (Å²) in [5.74, 6) is 0. The van der Waals surface area contributed by atoms with Crippen molar-refractivity contribution in [3.05, 3.63) is 80.9 Å². The summed E-state index contributed by atoms with van der Waals surface area (Å²) in [6.07, 6.45) is 1.86. The van der Waals surface area contributed by atoms with E-state index in [1.165, 1.54) is 5.56 Å². The summed E-state index contributed by atoms with van der Waals surface area (Å²) >= 11 is 13.9. The van der Waals surface area contributed by atoms with Crippen LogP contribution < -0.4 is 4.80 Å². The Morgan fingerprint density at radius 2 is 1.92 bits per heavy atom. The van der Waals surface area contributed by atoms with Gasteiger partial charge in [0.25, 0.3) is 0 Å². The van der Waals surface area contributed by atoms with Crippen molar-refractivity contribution in [1.82, 2.24) is 4.57 Å². The highest BCUT2D eigenvalue weighted by Gasteiger charge is 2.08. The quantitative estimate of drug-likeness (QED) is 0.480. The molecule has 0 amide bonds. The number of halogens is 2. The van der Waals surface area contributed by atoms with Gasteiger partial charge in [0, 0.05) is 16.9 Å². The molecule has 0 aliphatic rings. The number of thiazole rings is 1.